The van der Waals surface area contributed by atoms with Crippen LogP contribution < -0.4 is 15.6 Å². The molecule has 0 bridgehead atoms. The smallest absolute Gasteiger partial charge is 0.335 e. The Labute approximate surface area is 155 Å². The molecule has 0 saturated heterocycles. The quantitative estimate of drug-likeness (QED) is 0.717. The monoisotopic (exact) mass is 365 g/mol. The molecule has 0 amide bonds. The van der Waals surface area contributed by atoms with Crippen molar-refractivity contribution in [1.29, 1.82) is 0 Å². The second-order valence-corrected chi connectivity index (χ2v) is 6.12. The van der Waals surface area contributed by atoms with Crippen molar-refractivity contribution in [2.45, 2.75) is 13.8 Å². The lowest BCUT2D eigenvalue weighted by molar-refractivity contribution is 0.0697. The fourth-order valence-corrected chi connectivity index (χ4v) is 2.51. The Balaban J connectivity index is 1.99. The van der Waals surface area contributed by atoms with Gasteiger partial charge in [0.05, 0.1) is 11.8 Å². The van der Waals surface area contributed by atoms with Crippen molar-refractivity contribution >= 4 is 17.3 Å². The summed E-state index contributed by atoms with van der Waals surface area (Å²) in [5.74, 6) is -0.0937. The van der Waals surface area contributed by atoms with Gasteiger partial charge in [0.2, 0.25) is 0 Å². The molecular formula is C20H19N3O4. The fourth-order valence-electron chi connectivity index (χ4n) is 2.51. The highest BCUT2D eigenvalue weighted by atomic mass is 16.5. The minimum Gasteiger partial charge on any atom is -0.478 e. The third-order valence-corrected chi connectivity index (χ3v) is 4.28. The predicted octanol–water partition coefficient (Wildman–Crippen LogP) is 3.63. The molecule has 0 unspecified atom stereocenters. The van der Waals surface area contributed by atoms with Crippen LogP contribution in [0.2, 0.25) is 0 Å². The Morgan fingerprint density at radius 1 is 1.11 bits per heavy atom. The lowest BCUT2D eigenvalue weighted by atomic mass is 10.1. The van der Waals surface area contributed by atoms with Crippen molar-refractivity contribution in [3.63, 3.8) is 0 Å². The second-order valence-electron chi connectivity index (χ2n) is 6.12. The minimum atomic E-state index is -1.01. The fraction of sp³-hybridized carbons (Fsp3) is 0.150. The van der Waals surface area contributed by atoms with Crippen LogP contribution in [0.4, 0.5) is 11.4 Å². The van der Waals surface area contributed by atoms with Crippen molar-refractivity contribution in [3.8, 4) is 11.5 Å². The molecule has 1 heterocycles. The second kappa shape index (κ2) is 7.33. The minimum absolute atomic E-state index is 0.162. The van der Waals surface area contributed by atoms with Crippen molar-refractivity contribution in [3.05, 3.63) is 75.7 Å². The number of hydrogen-bond acceptors (Lipinski definition) is 5. The van der Waals surface area contributed by atoms with Crippen LogP contribution in [0.15, 0.2) is 53.5 Å². The highest BCUT2D eigenvalue weighted by molar-refractivity contribution is 5.88. The van der Waals surface area contributed by atoms with E-state index in [-0.39, 0.29) is 22.6 Å². The molecule has 1 aromatic heterocycles. The topological polar surface area (TPSA) is 93.5 Å². The first kappa shape index (κ1) is 18.2. The third-order valence-electron chi connectivity index (χ3n) is 4.28. The third kappa shape index (κ3) is 3.82. The first-order chi connectivity index (χ1) is 12.9. The zero-order valence-electron chi connectivity index (χ0n) is 15.2. The maximum atomic E-state index is 12.6. The normalized spacial score (nSPS) is 10.5. The summed E-state index contributed by atoms with van der Waals surface area (Å²) in [6.45, 7) is 3.92. The number of rotatable bonds is 5. The molecule has 2 N–H and O–H groups in total. The van der Waals surface area contributed by atoms with Crippen LogP contribution in [0, 0.1) is 13.8 Å². The van der Waals surface area contributed by atoms with E-state index < -0.39 is 5.97 Å². The van der Waals surface area contributed by atoms with Gasteiger partial charge in [-0.15, -0.1) is 0 Å². The summed E-state index contributed by atoms with van der Waals surface area (Å²) < 4.78 is 7.16. The largest absolute Gasteiger partial charge is 0.478 e. The van der Waals surface area contributed by atoms with Gasteiger partial charge in [0.25, 0.3) is 5.56 Å². The Bertz CT molecular complexity index is 1060. The number of aryl methyl sites for hydroxylation is 2. The van der Waals surface area contributed by atoms with E-state index >= 15 is 0 Å². The van der Waals surface area contributed by atoms with Gasteiger partial charge in [-0.05, 0) is 55.3 Å². The summed E-state index contributed by atoms with van der Waals surface area (Å²) >= 11 is 0. The molecule has 138 valence electrons. The first-order valence-electron chi connectivity index (χ1n) is 8.27. The molecule has 0 fully saturated rings. The van der Waals surface area contributed by atoms with E-state index in [0.29, 0.717) is 11.4 Å². The summed E-state index contributed by atoms with van der Waals surface area (Å²) in [7, 11) is 1.54. The Morgan fingerprint density at radius 2 is 1.81 bits per heavy atom. The molecule has 0 saturated carbocycles. The lowest BCUT2D eigenvalue weighted by Gasteiger charge is -2.15. The lowest BCUT2D eigenvalue weighted by Crippen LogP contribution is -2.22. The van der Waals surface area contributed by atoms with Gasteiger partial charge in [0.1, 0.15) is 5.75 Å². The number of nitrogens with zero attached hydrogens (tertiary/aromatic N) is 2. The molecule has 0 aliphatic heterocycles. The predicted molar refractivity (Wildman–Crippen MR) is 102 cm³/mol. The number of carbonyl (C=O) groups is 1. The molecule has 0 aliphatic carbocycles. The molecule has 7 nitrogen and oxygen atoms in total. The number of aromatic nitrogens is 2. The van der Waals surface area contributed by atoms with Gasteiger partial charge >= 0.3 is 5.97 Å². The Kier molecular flexibility index (Phi) is 4.94. The maximum Gasteiger partial charge on any atom is 0.335 e. The van der Waals surface area contributed by atoms with Gasteiger partial charge < -0.3 is 15.2 Å². The summed E-state index contributed by atoms with van der Waals surface area (Å²) in [5, 5.41) is 16.0. The van der Waals surface area contributed by atoms with E-state index in [9.17, 15) is 9.59 Å². The van der Waals surface area contributed by atoms with E-state index in [1.807, 2.05) is 32.0 Å². The molecule has 3 rings (SSSR count). The van der Waals surface area contributed by atoms with E-state index in [1.165, 1.54) is 23.0 Å². The summed E-state index contributed by atoms with van der Waals surface area (Å²) in [6, 6.07) is 11.8. The average molecular weight is 365 g/mol. The van der Waals surface area contributed by atoms with Gasteiger partial charge in [-0.25, -0.2) is 9.48 Å². The molecule has 0 aliphatic rings. The van der Waals surface area contributed by atoms with Gasteiger partial charge in [0.15, 0.2) is 11.4 Å². The Hall–Kier alpha value is -3.61. The maximum absolute atomic E-state index is 12.6. The van der Waals surface area contributed by atoms with Crippen LogP contribution in [0.3, 0.4) is 0 Å². The highest BCUT2D eigenvalue weighted by Gasteiger charge is 2.14. The van der Waals surface area contributed by atoms with Crippen LogP contribution in [0.25, 0.3) is 0 Å². The van der Waals surface area contributed by atoms with Crippen molar-refractivity contribution in [2.24, 2.45) is 7.05 Å². The number of benzene rings is 2. The number of nitrogens with one attached hydrogen (secondary N) is 1. The van der Waals surface area contributed by atoms with Crippen molar-refractivity contribution < 1.29 is 14.6 Å². The zero-order valence-corrected chi connectivity index (χ0v) is 15.2. The number of hydrogen-bond donors (Lipinski definition) is 2. The molecule has 7 heteroatoms. The number of carboxylic acids is 1. The number of anilines is 2. The Morgan fingerprint density at radius 3 is 2.48 bits per heavy atom. The van der Waals surface area contributed by atoms with Gasteiger partial charge in [-0.1, -0.05) is 12.1 Å². The van der Waals surface area contributed by atoms with E-state index in [4.69, 9.17) is 9.84 Å². The van der Waals surface area contributed by atoms with Crippen LogP contribution in [-0.4, -0.2) is 20.9 Å². The SMILES string of the molecule is Cc1cccc(Oc2cnn(C)c(=O)c2Nc2ccc(C(=O)O)cc2)c1C. The molecule has 27 heavy (non-hydrogen) atoms. The molecule has 0 spiro atoms. The summed E-state index contributed by atoms with van der Waals surface area (Å²) in [5.41, 5.74) is 2.62. The molecular weight excluding hydrogens is 346 g/mol. The van der Waals surface area contributed by atoms with E-state index in [0.717, 1.165) is 11.1 Å². The van der Waals surface area contributed by atoms with E-state index in [1.54, 1.807) is 19.2 Å². The average Bonchev–Trinajstić information content (AvgIpc) is 2.65. The van der Waals surface area contributed by atoms with Crippen molar-refractivity contribution in [1.82, 2.24) is 9.78 Å². The van der Waals surface area contributed by atoms with Crippen LogP contribution in [-0.2, 0) is 7.05 Å². The molecule has 2 aromatic carbocycles. The van der Waals surface area contributed by atoms with Crippen LogP contribution in [0.5, 0.6) is 11.5 Å². The molecule has 3 aromatic rings. The van der Waals surface area contributed by atoms with Gasteiger partial charge in [-0.2, -0.15) is 5.10 Å². The molecule has 0 atom stereocenters. The van der Waals surface area contributed by atoms with Crippen LogP contribution in [0.1, 0.15) is 21.5 Å². The molecule has 0 radical (unpaired) electrons. The summed E-state index contributed by atoms with van der Waals surface area (Å²) in [6.07, 6.45) is 1.47. The number of aromatic carboxylic acids is 1. The summed E-state index contributed by atoms with van der Waals surface area (Å²) in [4.78, 5) is 23.6. The van der Waals surface area contributed by atoms with Gasteiger partial charge in [-0.3, -0.25) is 4.79 Å². The number of carboxylic acid groups (broad SMARTS) is 1. The first-order valence-corrected chi connectivity index (χ1v) is 8.27. The standard InChI is InChI=1S/C20H19N3O4/c1-12-5-4-6-16(13(12)2)27-17-11-21-23(3)19(24)18(17)22-15-9-7-14(8-10-15)20(25)26/h4-11,22H,1-3H3,(H,25,26). The van der Waals surface area contributed by atoms with Crippen molar-refractivity contribution in [2.75, 3.05) is 5.32 Å². The number of ether oxygens (including phenoxy) is 1. The zero-order chi connectivity index (χ0) is 19.6. The van der Waals surface area contributed by atoms with Crippen LogP contribution >= 0.6 is 0 Å². The van der Waals surface area contributed by atoms with E-state index in [2.05, 4.69) is 10.4 Å². The highest BCUT2D eigenvalue weighted by Crippen LogP contribution is 2.31. The van der Waals surface area contributed by atoms with Gasteiger partial charge in [0, 0.05) is 12.7 Å².